The normalized spacial score (nSPS) is 15.0. The van der Waals surface area contributed by atoms with Crippen molar-refractivity contribution in [3.8, 4) is 0 Å². The van der Waals surface area contributed by atoms with Crippen LogP contribution in [0.25, 0.3) is 10.9 Å². The molecule has 0 bridgehead atoms. The second-order valence-electron chi connectivity index (χ2n) is 7.67. The zero-order valence-corrected chi connectivity index (χ0v) is 17.1. The number of benzene rings is 2. The van der Waals surface area contributed by atoms with Crippen molar-refractivity contribution in [1.29, 1.82) is 0 Å². The lowest BCUT2D eigenvalue weighted by Crippen LogP contribution is -2.29. The van der Waals surface area contributed by atoms with Crippen molar-refractivity contribution in [1.82, 2.24) is 9.88 Å². The standard InChI is InChI=1S/C23H23FN4O3/c1-27-9-2-10-28(12-11-27)21-14-19(23(30)31)18-13-17(7-8-20(18)26-21)25-22(29)15-3-5-16(24)6-4-15/h3-8,13-14H,2,9-12H2,1H3,(H,25,29)(H,30,31). The Morgan fingerprint density at radius 1 is 1.03 bits per heavy atom. The number of anilines is 2. The monoisotopic (exact) mass is 422 g/mol. The fourth-order valence-corrected chi connectivity index (χ4v) is 3.71. The molecule has 7 nitrogen and oxygen atoms in total. The Bertz CT molecular complexity index is 1130. The highest BCUT2D eigenvalue weighted by Gasteiger charge is 2.19. The van der Waals surface area contributed by atoms with Crippen molar-refractivity contribution >= 4 is 34.3 Å². The largest absolute Gasteiger partial charge is 0.478 e. The lowest BCUT2D eigenvalue weighted by atomic mass is 10.1. The molecule has 1 aliphatic rings. The summed E-state index contributed by atoms with van der Waals surface area (Å²) in [5.41, 5.74) is 1.43. The molecule has 3 aromatic rings. The fraction of sp³-hybridized carbons (Fsp3) is 0.261. The molecule has 4 rings (SSSR count). The van der Waals surface area contributed by atoms with Crippen LogP contribution in [0.1, 0.15) is 27.1 Å². The van der Waals surface area contributed by atoms with E-state index in [-0.39, 0.29) is 5.56 Å². The first-order valence-corrected chi connectivity index (χ1v) is 10.1. The van der Waals surface area contributed by atoms with Gasteiger partial charge in [0.05, 0.1) is 11.1 Å². The number of pyridine rings is 1. The highest BCUT2D eigenvalue weighted by atomic mass is 19.1. The number of amides is 1. The Morgan fingerprint density at radius 2 is 1.81 bits per heavy atom. The van der Waals surface area contributed by atoms with Gasteiger partial charge in [0.2, 0.25) is 0 Å². The number of carbonyl (C=O) groups is 2. The molecule has 1 aliphatic heterocycles. The quantitative estimate of drug-likeness (QED) is 0.670. The van der Waals surface area contributed by atoms with E-state index in [0.29, 0.717) is 28.0 Å². The molecule has 1 saturated heterocycles. The summed E-state index contributed by atoms with van der Waals surface area (Å²) in [7, 11) is 2.07. The third kappa shape index (κ3) is 4.64. The van der Waals surface area contributed by atoms with Crippen LogP contribution in [0.2, 0.25) is 0 Å². The lowest BCUT2D eigenvalue weighted by molar-refractivity contribution is 0.0698. The van der Waals surface area contributed by atoms with Crippen molar-refractivity contribution in [3.05, 3.63) is 65.5 Å². The molecule has 0 atom stereocenters. The summed E-state index contributed by atoms with van der Waals surface area (Å²) in [6, 6.07) is 11.8. The van der Waals surface area contributed by atoms with E-state index in [1.165, 1.54) is 24.3 Å². The van der Waals surface area contributed by atoms with Gasteiger partial charge in [0, 0.05) is 36.3 Å². The number of hydrogen-bond donors (Lipinski definition) is 2. The highest BCUT2D eigenvalue weighted by Crippen LogP contribution is 2.27. The smallest absolute Gasteiger partial charge is 0.336 e. The minimum absolute atomic E-state index is 0.135. The number of carboxylic acid groups (broad SMARTS) is 1. The van der Waals surface area contributed by atoms with Gasteiger partial charge in [-0.1, -0.05) is 0 Å². The van der Waals surface area contributed by atoms with Gasteiger partial charge in [0.25, 0.3) is 5.91 Å². The minimum Gasteiger partial charge on any atom is -0.478 e. The predicted octanol–water partition coefficient (Wildman–Crippen LogP) is 3.47. The number of aromatic nitrogens is 1. The molecule has 0 saturated carbocycles. The van der Waals surface area contributed by atoms with Crippen molar-refractivity contribution < 1.29 is 19.1 Å². The van der Waals surface area contributed by atoms with Crippen LogP contribution in [0, 0.1) is 5.82 Å². The van der Waals surface area contributed by atoms with Crippen LogP contribution in [0.15, 0.2) is 48.5 Å². The molecule has 0 aliphatic carbocycles. The van der Waals surface area contributed by atoms with E-state index in [9.17, 15) is 19.1 Å². The van der Waals surface area contributed by atoms with E-state index in [2.05, 4.69) is 27.1 Å². The third-order valence-corrected chi connectivity index (χ3v) is 5.43. The number of hydrogen-bond acceptors (Lipinski definition) is 5. The van der Waals surface area contributed by atoms with Gasteiger partial charge in [0.15, 0.2) is 0 Å². The number of carboxylic acids is 1. The first-order valence-electron chi connectivity index (χ1n) is 10.1. The summed E-state index contributed by atoms with van der Waals surface area (Å²) in [6.45, 7) is 3.47. The van der Waals surface area contributed by atoms with Gasteiger partial charge in [-0.2, -0.15) is 0 Å². The molecule has 1 amide bonds. The summed E-state index contributed by atoms with van der Waals surface area (Å²) >= 11 is 0. The molecule has 1 aromatic heterocycles. The van der Waals surface area contributed by atoms with Gasteiger partial charge in [0.1, 0.15) is 11.6 Å². The lowest BCUT2D eigenvalue weighted by Gasteiger charge is -2.22. The third-order valence-electron chi connectivity index (χ3n) is 5.43. The van der Waals surface area contributed by atoms with Crippen LogP contribution in [0.4, 0.5) is 15.9 Å². The van der Waals surface area contributed by atoms with Crippen LogP contribution in [-0.2, 0) is 0 Å². The molecule has 2 N–H and O–H groups in total. The van der Waals surface area contributed by atoms with Gasteiger partial charge in [-0.05, 0) is 68.5 Å². The Labute approximate surface area is 179 Å². The van der Waals surface area contributed by atoms with Gasteiger partial charge in [-0.25, -0.2) is 14.2 Å². The van der Waals surface area contributed by atoms with Crippen LogP contribution < -0.4 is 10.2 Å². The zero-order chi connectivity index (χ0) is 22.0. The van der Waals surface area contributed by atoms with Gasteiger partial charge in [-0.15, -0.1) is 0 Å². The SMILES string of the molecule is CN1CCCN(c2cc(C(=O)O)c3cc(NC(=O)c4ccc(F)cc4)ccc3n2)CC1. The molecule has 2 heterocycles. The van der Waals surface area contributed by atoms with E-state index < -0.39 is 17.7 Å². The Morgan fingerprint density at radius 3 is 2.55 bits per heavy atom. The molecular weight excluding hydrogens is 399 g/mol. The number of carbonyl (C=O) groups excluding carboxylic acids is 1. The van der Waals surface area contributed by atoms with Crippen molar-refractivity contribution in [3.63, 3.8) is 0 Å². The van der Waals surface area contributed by atoms with Crippen LogP contribution in [0.3, 0.4) is 0 Å². The Hall–Kier alpha value is -3.52. The predicted molar refractivity (Wildman–Crippen MR) is 117 cm³/mol. The molecule has 0 radical (unpaired) electrons. The Kier molecular flexibility index (Phi) is 5.81. The topological polar surface area (TPSA) is 85.8 Å². The van der Waals surface area contributed by atoms with E-state index in [4.69, 9.17) is 0 Å². The first-order chi connectivity index (χ1) is 14.9. The molecule has 0 unspecified atom stereocenters. The maximum Gasteiger partial charge on any atom is 0.336 e. The van der Waals surface area contributed by atoms with Crippen molar-refractivity contribution in [2.45, 2.75) is 6.42 Å². The second kappa shape index (κ2) is 8.69. The summed E-state index contributed by atoms with van der Waals surface area (Å²) in [6.07, 6.45) is 0.979. The number of nitrogens with zero attached hydrogens (tertiary/aromatic N) is 3. The summed E-state index contributed by atoms with van der Waals surface area (Å²) in [5, 5.41) is 13.0. The van der Waals surface area contributed by atoms with E-state index in [0.717, 1.165) is 32.6 Å². The van der Waals surface area contributed by atoms with Crippen LogP contribution in [-0.4, -0.2) is 60.1 Å². The summed E-state index contributed by atoms with van der Waals surface area (Å²) in [4.78, 5) is 33.4. The number of nitrogens with one attached hydrogen (secondary N) is 1. The molecule has 2 aromatic carbocycles. The average Bonchev–Trinajstić information content (AvgIpc) is 2.97. The maximum atomic E-state index is 13.1. The zero-order valence-electron chi connectivity index (χ0n) is 17.1. The van der Waals surface area contributed by atoms with E-state index in [1.807, 2.05) is 0 Å². The van der Waals surface area contributed by atoms with E-state index >= 15 is 0 Å². The van der Waals surface area contributed by atoms with Crippen molar-refractivity contribution in [2.24, 2.45) is 0 Å². The van der Waals surface area contributed by atoms with Crippen LogP contribution in [0.5, 0.6) is 0 Å². The van der Waals surface area contributed by atoms with Crippen LogP contribution >= 0.6 is 0 Å². The number of likely N-dealkylation sites (N-methyl/N-ethyl adjacent to an activating group) is 1. The summed E-state index contributed by atoms with van der Waals surface area (Å²) in [5.74, 6) is -1.24. The number of fused-ring (bicyclic) bond motifs is 1. The number of rotatable bonds is 4. The molecule has 8 heteroatoms. The molecule has 0 spiro atoms. The van der Waals surface area contributed by atoms with Gasteiger partial charge >= 0.3 is 5.97 Å². The number of aromatic carboxylic acids is 1. The van der Waals surface area contributed by atoms with Gasteiger partial charge < -0.3 is 20.2 Å². The second-order valence-corrected chi connectivity index (χ2v) is 7.67. The number of halogens is 1. The average molecular weight is 422 g/mol. The van der Waals surface area contributed by atoms with Crippen molar-refractivity contribution in [2.75, 3.05) is 43.4 Å². The first kappa shape index (κ1) is 20.7. The Balaban J connectivity index is 1.65. The molecule has 31 heavy (non-hydrogen) atoms. The molecular formula is C23H23FN4O3. The maximum absolute atomic E-state index is 13.1. The molecule has 1 fully saturated rings. The highest BCUT2D eigenvalue weighted by molar-refractivity contribution is 6.08. The summed E-state index contributed by atoms with van der Waals surface area (Å²) < 4.78 is 13.1. The molecule has 160 valence electrons. The fourth-order valence-electron chi connectivity index (χ4n) is 3.71. The minimum atomic E-state index is -1.05. The van der Waals surface area contributed by atoms with Gasteiger partial charge in [-0.3, -0.25) is 4.79 Å². The van der Waals surface area contributed by atoms with E-state index in [1.54, 1.807) is 24.3 Å².